The van der Waals surface area contributed by atoms with Crippen molar-refractivity contribution in [3.05, 3.63) is 24.2 Å². The van der Waals surface area contributed by atoms with Crippen molar-refractivity contribution >= 4 is 21.8 Å². The molecule has 0 aromatic carbocycles. The molecule has 0 bridgehead atoms. The molecule has 0 radical (unpaired) electrons. The van der Waals surface area contributed by atoms with Crippen molar-refractivity contribution in [1.29, 1.82) is 0 Å². The van der Waals surface area contributed by atoms with E-state index in [-0.39, 0.29) is 17.7 Å². The second-order valence-corrected chi connectivity index (χ2v) is 8.82. The molecule has 2 heterocycles. The van der Waals surface area contributed by atoms with E-state index in [1.165, 1.54) is 0 Å². The molecule has 1 aliphatic heterocycles. The number of rotatable bonds is 7. The quantitative estimate of drug-likeness (QED) is 0.827. The van der Waals surface area contributed by atoms with Crippen molar-refractivity contribution in [3.63, 3.8) is 0 Å². The summed E-state index contributed by atoms with van der Waals surface area (Å²) in [6.45, 7) is 6.18. The van der Waals surface area contributed by atoms with Crippen molar-refractivity contribution in [2.24, 2.45) is 5.92 Å². The molecule has 5 nitrogen and oxygen atoms in total. The van der Waals surface area contributed by atoms with E-state index < -0.39 is 10.0 Å². The molecule has 1 aromatic heterocycles. The molecule has 0 aliphatic carbocycles. The minimum Gasteiger partial charge on any atom is -0.472 e. The summed E-state index contributed by atoms with van der Waals surface area (Å²) < 4.78 is 32.0. The van der Waals surface area contributed by atoms with E-state index in [1.807, 2.05) is 31.7 Å². The first kappa shape index (κ1) is 16.9. The molecule has 1 fully saturated rings. The van der Waals surface area contributed by atoms with Crippen LogP contribution in [0.2, 0.25) is 0 Å². The van der Waals surface area contributed by atoms with Crippen LogP contribution < -0.4 is 4.72 Å². The van der Waals surface area contributed by atoms with Gasteiger partial charge in [0.15, 0.2) is 0 Å². The van der Waals surface area contributed by atoms with Gasteiger partial charge in [0.25, 0.3) is 0 Å². The number of nitrogens with one attached hydrogen (secondary N) is 1. The predicted octanol–water partition coefficient (Wildman–Crippen LogP) is 1.94. The molecule has 0 spiro atoms. The van der Waals surface area contributed by atoms with E-state index in [4.69, 9.17) is 4.42 Å². The molecular formula is C14H24N2O3S2. The summed E-state index contributed by atoms with van der Waals surface area (Å²) in [6, 6.07) is 1.97. The van der Waals surface area contributed by atoms with Crippen LogP contribution in [0.1, 0.15) is 25.5 Å². The molecule has 0 amide bonds. The average molecular weight is 332 g/mol. The van der Waals surface area contributed by atoms with Crippen molar-refractivity contribution in [1.82, 2.24) is 9.62 Å². The maximum Gasteiger partial charge on any atom is 0.211 e. The Balaban J connectivity index is 2.03. The molecule has 1 aliphatic rings. The fraction of sp³-hybridized carbons (Fsp3) is 0.714. The van der Waals surface area contributed by atoms with Crippen LogP contribution in [0.5, 0.6) is 0 Å². The Morgan fingerprint density at radius 3 is 2.67 bits per heavy atom. The monoisotopic (exact) mass is 332 g/mol. The lowest BCUT2D eigenvalue weighted by molar-refractivity contribution is 0.218. The Bertz CT molecular complexity index is 508. The van der Waals surface area contributed by atoms with Crippen LogP contribution in [0, 0.1) is 5.92 Å². The van der Waals surface area contributed by atoms with Gasteiger partial charge in [-0.05, 0) is 12.0 Å². The van der Waals surface area contributed by atoms with Crippen LogP contribution >= 0.6 is 11.8 Å². The van der Waals surface area contributed by atoms with Crippen molar-refractivity contribution in [2.45, 2.75) is 19.9 Å². The lowest BCUT2D eigenvalue weighted by atomic mass is 10.1. The van der Waals surface area contributed by atoms with Crippen LogP contribution in [0.4, 0.5) is 0 Å². The first-order chi connectivity index (χ1) is 9.98. The van der Waals surface area contributed by atoms with Gasteiger partial charge >= 0.3 is 0 Å². The Kier molecular flexibility index (Phi) is 6.16. The van der Waals surface area contributed by atoms with Crippen molar-refractivity contribution in [3.8, 4) is 0 Å². The van der Waals surface area contributed by atoms with Gasteiger partial charge in [-0.3, -0.25) is 4.90 Å². The highest BCUT2D eigenvalue weighted by Crippen LogP contribution is 2.24. The van der Waals surface area contributed by atoms with E-state index >= 15 is 0 Å². The summed E-state index contributed by atoms with van der Waals surface area (Å²) in [5, 5.41) is 0. The summed E-state index contributed by atoms with van der Waals surface area (Å²) >= 11 is 1.94. The molecular weight excluding hydrogens is 308 g/mol. The zero-order valence-electron chi connectivity index (χ0n) is 12.6. The van der Waals surface area contributed by atoms with Gasteiger partial charge in [0.1, 0.15) is 0 Å². The molecule has 1 unspecified atom stereocenters. The van der Waals surface area contributed by atoms with E-state index in [1.54, 1.807) is 12.5 Å². The van der Waals surface area contributed by atoms with Gasteiger partial charge < -0.3 is 4.42 Å². The third kappa shape index (κ3) is 5.32. The zero-order chi connectivity index (χ0) is 15.3. The highest BCUT2D eigenvalue weighted by molar-refractivity contribution is 7.99. The molecule has 1 aromatic rings. The van der Waals surface area contributed by atoms with Crippen molar-refractivity contribution in [2.75, 3.05) is 36.9 Å². The molecule has 1 saturated heterocycles. The van der Waals surface area contributed by atoms with Crippen LogP contribution in [0.3, 0.4) is 0 Å². The number of sulfonamides is 1. The van der Waals surface area contributed by atoms with Crippen LogP contribution in [0.15, 0.2) is 23.0 Å². The topological polar surface area (TPSA) is 62.6 Å². The number of nitrogens with zero attached hydrogens (tertiary/aromatic N) is 1. The smallest absolute Gasteiger partial charge is 0.211 e. The van der Waals surface area contributed by atoms with Gasteiger partial charge in [0, 0.05) is 36.7 Å². The lowest BCUT2D eigenvalue weighted by Crippen LogP contribution is -2.42. The third-order valence-corrected chi connectivity index (χ3v) is 6.12. The molecule has 1 atom stereocenters. The second-order valence-electron chi connectivity index (χ2n) is 5.74. The molecule has 0 saturated carbocycles. The predicted molar refractivity (Wildman–Crippen MR) is 87.0 cm³/mol. The Morgan fingerprint density at radius 2 is 2.10 bits per heavy atom. The Labute approximate surface area is 131 Å². The first-order valence-corrected chi connectivity index (χ1v) is 10.1. The maximum absolute atomic E-state index is 12.0. The summed E-state index contributed by atoms with van der Waals surface area (Å²) in [6.07, 6.45) is 3.35. The summed E-state index contributed by atoms with van der Waals surface area (Å²) in [7, 11) is -3.22. The van der Waals surface area contributed by atoms with Gasteiger partial charge in [0.05, 0.1) is 24.3 Å². The molecule has 1 N–H and O–H groups in total. The summed E-state index contributed by atoms with van der Waals surface area (Å²) in [5.74, 6) is 2.47. The Morgan fingerprint density at radius 1 is 1.38 bits per heavy atom. The number of hydrogen-bond acceptors (Lipinski definition) is 5. The van der Waals surface area contributed by atoms with E-state index in [2.05, 4.69) is 9.62 Å². The number of hydrogen-bond donors (Lipinski definition) is 1. The lowest BCUT2D eigenvalue weighted by Gasteiger charge is -2.34. The normalized spacial score (nSPS) is 19.0. The van der Waals surface area contributed by atoms with E-state index in [0.717, 1.165) is 30.2 Å². The average Bonchev–Trinajstić information content (AvgIpc) is 2.92. The third-order valence-electron chi connectivity index (χ3n) is 3.46. The van der Waals surface area contributed by atoms with E-state index in [0.29, 0.717) is 6.54 Å². The standard InChI is InChI=1S/C14H24N2O3S2/c1-12(2)11-21(17,18)15-9-14(13-3-6-19-10-13)16-4-7-20-8-5-16/h3,6,10,12,14-15H,4-5,7-9,11H2,1-2H3. The largest absolute Gasteiger partial charge is 0.472 e. The number of furan rings is 1. The summed E-state index contributed by atoms with van der Waals surface area (Å²) in [4.78, 5) is 2.33. The molecule has 2 rings (SSSR count). The zero-order valence-corrected chi connectivity index (χ0v) is 14.3. The fourth-order valence-corrected chi connectivity index (χ4v) is 4.85. The number of thioether (sulfide) groups is 1. The molecule has 21 heavy (non-hydrogen) atoms. The molecule has 7 heteroatoms. The second kappa shape index (κ2) is 7.67. The maximum atomic E-state index is 12.0. The van der Waals surface area contributed by atoms with E-state index in [9.17, 15) is 8.42 Å². The summed E-state index contributed by atoms with van der Waals surface area (Å²) in [5.41, 5.74) is 1.04. The van der Waals surface area contributed by atoms with Gasteiger partial charge in [-0.2, -0.15) is 11.8 Å². The minimum atomic E-state index is -3.22. The van der Waals surface area contributed by atoms with Crippen LogP contribution in [-0.4, -0.2) is 50.2 Å². The minimum absolute atomic E-state index is 0.0478. The molecule has 120 valence electrons. The van der Waals surface area contributed by atoms with Crippen molar-refractivity contribution < 1.29 is 12.8 Å². The fourth-order valence-electron chi connectivity index (χ4n) is 2.52. The van der Waals surface area contributed by atoms with Crippen LogP contribution in [0.25, 0.3) is 0 Å². The SMILES string of the molecule is CC(C)CS(=O)(=O)NCC(c1ccoc1)N1CCSCC1. The Hall–Kier alpha value is -0.500. The first-order valence-electron chi connectivity index (χ1n) is 7.29. The van der Waals surface area contributed by atoms with Gasteiger partial charge in [0.2, 0.25) is 10.0 Å². The van der Waals surface area contributed by atoms with Gasteiger partial charge in [-0.1, -0.05) is 13.8 Å². The van der Waals surface area contributed by atoms with Crippen LogP contribution in [-0.2, 0) is 10.0 Å². The van der Waals surface area contributed by atoms with Gasteiger partial charge in [-0.25, -0.2) is 13.1 Å². The highest BCUT2D eigenvalue weighted by atomic mass is 32.2. The highest BCUT2D eigenvalue weighted by Gasteiger charge is 2.25. The van der Waals surface area contributed by atoms with Gasteiger partial charge in [-0.15, -0.1) is 0 Å².